The second-order valence-electron chi connectivity index (χ2n) is 12.5. The third kappa shape index (κ3) is 4.73. The number of rotatable bonds is 5. The molecule has 4 aliphatic rings. The van der Waals surface area contributed by atoms with E-state index in [1.54, 1.807) is 10.7 Å². The summed E-state index contributed by atoms with van der Waals surface area (Å²) in [4.78, 5) is 15.5. The molecule has 0 aliphatic carbocycles. The number of nitriles is 1. The largest absolute Gasteiger partial charge is 0.433 e. The molecule has 0 amide bonds. The van der Waals surface area contributed by atoms with Crippen molar-refractivity contribution in [3.8, 4) is 17.2 Å². The Labute approximate surface area is 242 Å². The summed E-state index contributed by atoms with van der Waals surface area (Å²) in [5, 5.41) is 14.2. The maximum Gasteiger partial charge on any atom is 0.433 e. The molecule has 8 rings (SSSR count). The normalized spacial score (nSPS) is 21.9. The van der Waals surface area contributed by atoms with Gasteiger partial charge in [0.05, 0.1) is 29.2 Å². The number of hydrogen-bond donors (Lipinski definition) is 0. The fraction of sp³-hybridized carbons (Fsp3) is 0.419. The van der Waals surface area contributed by atoms with Crippen molar-refractivity contribution in [1.82, 2.24) is 24.5 Å². The molecule has 2 bridgehead atoms. The molecule has 2 atom stereocenters. The molecule has 216 valence electrons. The lowest BCUT2D eigenvalue weighted by molar-refractivity contribution is -0.141. The highest BCUT2D eigenvalue weighted by Gasteiger charge is 2.44. The monoisotopic (exact) mass is 572 g/mol. The van der Waals surface area contributed by atoms with Gasteiger partial charge in [0.15, 0.2) is 0 Å². The van der Waals surface area contributed by atoms with E-state index >= 15 is 0 Å². The zero-order valence-electron chi connectivity index (χ0n) is 23.5. The van der Waals surface area contributed by atoms with Crippen molar-refractivity contribution >= 4 is 17.0 Å². The van der Waals surface area contributed by atoms with E-state index in [-0.39, 0.29) is 5.41 Å². The fourth-order valence-corrected chi connectivity index (χ4v) is 6.68. The Morgan fingerprint density at radius 1 is 1.02 bits per heavy atom. The van der Waals surface area contributed by atoms with Crippen LogP contribution in [0.25, 0.3) is 16.6 Å². The molecule has 4 saturated heterocycles. The molecule has 0 spiro atoms. The molecule has 4 fully saturated rings. The Morgan fingerprint density at radius 3 is 2.45 bits per heavy atom. The van der Waals surface area contributed by atoms with Gasteiger partial charge in [-0.3, -0.25) is 9.88 Å². The first-order valence-electron chi connectivity index (χ1n) is 14.2. The lowest BCUT2D eigenvalue weighted by Crippen LogP contribution is -2.68. The predicted molar refractivity (Wildman–Crippen MR) is 153 cm³/mol. The predicted octanol–water partition coefficient (Wildman–Crippen LogP) is 5.38. The highest BCUT2D eigenvalue weighted by atomic mass is 19.4. The van der Waals surface area contributed by atoms with Gasteiger partial charge in [-0.1, -0.05) is 19.9 Å². The molecular formula is C31H31F3N8. The van der Waals surface area contributed by atoms with Gasteiger partial charge in [-0.25, -0.2) is 9.50 Å². The minimum atomic E-state index is -4.42. The topological polar surface area (TPSA) is 76.6 Å². The van der Waals surface area contributed by atoms with E-state index in [1.807, 2.05) is 18.5 Å². The van der Waals surface area contributed by atoms with Crippen LogP contribution in [0.1, 0.15) is 43.5 Å². The van der Waals surface area contributed by atoms with Crippen LogP contribution in [-0.4, -0.2) is 62.7 Å². The van der Waals surface area contributed by atoms with Gasteiger partial charge in [-0.2, -0.15) is 23.5 Å². The summed E-state index contributed by atoms with van der Waals surface area (Å²) in [5.74, 6) is 0.895. The molecule has 0 aromatic carbocycles. The molecule has 0 saturated carbocycles. The van der Waals surface area contributed by atoms with Crippen molar-refractivity contribution in [3.63, 3.8) is 0 Å². The SMILES string of the molecule is CC1(C)CCN(c2cc(-c3ccc(N4CC5CC(C4)N5Cc4ccc(C(F)(F)F)nc4)nc3)c3c(C#N)cnn3c2)C1. The summed E-state index contributed by atoms with van der Waals surface area (Å²) in [6.45, 7) is 8.72. The smallest absolute Gasteiger partial charge is 0.370 e. The van der Waals surface area contributed by atoms with Crippen molar-refractivity contribution in [2.45, 2.75) is 51.5 Å². The highest BCUT2D eigenvalue weighted by Crippen LogP contribution is 2.38. The summed E-state index contributed by atoms with van der Waals surface area (Å²) in [6, 6.07) is 11.8. The van der Waals surface area contributed by atoms with Gasteiger partial charge in [0.2, 0.25) is 0 Å². The summed E-state index contributed by atoms with van der Waals surface area (Å²) < 4.78 is 40.4. The Hall–Kier alpha value is -4.17. The Kier molecular flexibility index (Phi) is 6.17. The van der Waals surface area contributed by atoms with Crippen molar-refractivity contribution in [1.29, 1.82) is 5.26 Å². The Bertz CT molecular complexity index is 1660. The van der Waals surface area contributed by atoms with Gasteiger partial charge >= 0.3 is 6.18 Å². The van der Waals surface area contributed by atoms with Crippen LogP contribution in [0.4, 0.5) is 24.7 Å². The van der Waals surface area contributed by atoms with Crippen LogP contribution in [0.3, 0.4) is 0 Å². The van der Waals surface area contributed by atoms with Gasteiger partial charge in [0.25, 0.3) is 0 Å². The fourth-order valence-electron chi connectivity index (χ4n) is 6.68. The minimum absolute atomic E-state index is 0.250. The van der Waals surface area contributed by atoms with E-state index in [1.165, 1.54) is 12.3 Å². The number of anilines is 2. The quantitative estimate of drug-likeness (QED) is 0.318. The summed E-state index contributed by atoms with van der Waals surface area (Å²) in [6.07, 6.45) is 4.60. The molecule has 11 heteroatoms. The molecule has 0 radical (unpaired) electrons. The molecule has 4 aromatic rings. The van der Waals surface area contributed by atoms with Gasteiger partial charge in [0, 0.05) is 68.3 Å². The van der Waals surface area contributed by atoms with E-state index < -0.39 is 11.9 Å². The second-order valence-corrected chi connectivity index (χ2v) is 12.5. The average Bonchev–Trinajstić information content (AvgIpc) is 3.57. The standard InChI is InChI=1S/C31H31F3N8/c1-30(2)7-8-39(19-30)23-10-26(29-22(11-35)14-38-42(29)18-23)21-4-6-28(37-13-21)40-16-24-9-25(17-40)41(24)15-20-3-5-27(36-12-20)31(32,33)34/h3-6,10,12-14,18,24-25H,7-9,15-17,19H2,1-2H3. The third-order valence-electron chi connectivity index (χ3n) is 8.97. The number of piperazine rings is 1. The summed E-state index contributed by atoms with van der Waals surface area (Å²) in [5.41, 5.74) is 4.43. The minimum Gasteiger partial charge on any atom is -0.370 e. The number of nitrogens with zero attached hydrogens (tertiary/aromatic N) is 8. The van der Waals surface area contributed by atoms with Gasteiger partial charge < -0.3 is 9.80 Å². The number of pyridine rings is 3. The number of halogens is 3. The zero-order chi connectivity index (χ0) is 29.2. The third-order valence-corrected chi connectivity index (χ3v) is 8.97. The molecular weight excluding hydrogens is 541 g/mol. The molecule has 4 aliphatic heterocycles. The van der Waals surface area contributed by atoms with E-state index in [9.17, 15) is 18.4 Å². The number of hydrogen-bond acceptors (Lipinski definition) is 7. The van der Waals surface area contributed by atoms with Crippen molar-refractivity contribution in [2.24, 2.45) is 5.41 Å². The van der Waals surface area contributed by atoms with Crippen LogP contribution < -0.4 is 9.80 Å². The van der Waals surface area contributed by atoms with E-state index in [4.69, 9.17) is 4.98 Å². The number of piperidine rings is 1. The zero-order valence-corrected chi connectivity index (χ0v) is 23.5. The van der Waals surface area contributed by atoms with Crippen LogP contribution in [0.2, 0.25) is 0 Å². The average molecular weight is 573 g/mol. The molecule has 8 nitrogen and oxygen atoms in total. The van der Waals surface area contributed by atoms with E-state index in [2.05, 4.69) is 56.8 Å². The van der Waals surface area contributed by atoms with Crippen LogP contribution in [0.5, 0.6) is 0 Å². The molecule has 2 unspecified atom stereocenters. The van der Waals surface area contributed by atoms with Gasteiger partial charge in [-0.15, -0.1) is 0 Å². The number of fused-ring (bicyclic) bond motifs is 3. The van der Waals surface area contributed by atoms with E-state index in [0.717, 1.165) is 78.8 Å². The molecule has 4 aromatic heterocycles. The van der Waals surface area contributed by atoms with Gasteiger partial charge in [0.1, 0.15) is 17.6 Å². The lowest BCUT2D eigenvalue weighted by atomic mass is 9.87. The maximum absolute atomic E-state index is 12.9. The number of alkyl halides is 3. The van der Waals surface area contributed by atoms with Crippen molar-refractivity contribution in [2.75, 3.05) is 36.0 Å². The van der Waals surface area contributed by atoms with Crippen LogP contribution in [0, 0.1) is 16.7 Å². The van der Waals surface area contributed by atoms with Gasteiger partial charge in [-0.05, 0) is 48.1 Å². The Morgan fingerprint density at radius 2 is 1.83 bits per heavy atom. The highest BCUT2D eigenvalue weighted by molar-refractivity contribution is 5.86. The second kappa shape index (κ2) is 9.70. The lowest BCUT2D eigenvalue weighted by Gasteiger charge is -2.56. The van der Waals surface area contributed by atoms with Crippen molar-refractivity contribution < 1.29 is 13.2 Å². The van der Waals surface area contributed by atoms with Crippen molar-refractivity contribution in [3.05, 3.63) is 71.9 Å². The van der Waals surface area contributed by atoms with Crippen LogP contribution in [-0.2, 0) is 12.7 Å². The summed E-state index contributed by atoms with van der Waals surface area (Å²) >= 11 is 0. The first-order valence-corrected chi connectivity index (χ1v) is 14.2. The summed E-state index contributed by atoms with van der Waals surface area (Å²) in [7, 11) is 0. The Balaban J connectivity index is 1.09. The first-order chi connectivity index (χ1) is 20.1. The molecule has 0 N–H and O–H groups in total. The molecule has 42 heavy (non-hydrogen) atoms. The molecule has 8 heterocycles. The van der Waals surface area contributed by atoms with Crippen LogP contribution in [0.15, 0.2) is 55.1 Å². The first kappa shape index (κ1) is 26.7. The van der Waals surface area contributed by atoms with Crippen LogP contribution >= 0.6 is 0 Å². The maximum atomic E-state index is 12.9. The number of aromatic nitrogens is 4. The van der Waals surface area contributed by atoms with E-state index in [0.29, 0.717) is 24.2 Å².